The molecule has 8 nitrogen and oxygen atoms in total. The third-order valence-corrected chi connectivity index (χ3v) is 6.62. The van der Waals surface area contributed by atoms with Crippen molar-refractivity contribution in [1.29, 1.82) is 0 Å². The van der Waals surface area contributed by atoms with Crippen LogP contribution in [0.15, 0.2) is 48.5 Å². The van der Waals surface area contributed by atoms with Crippen molar-refractivity contribution in [3.05, 3.63) is 59.7 Å². The number of hydrogen-bond donors (Lipinski definition) is 1. The lowest BCUT2D eigenvalue weighted by molar-refractivity contribution is -0.133. The summed E-state index contributed by atoms with van der Waals surface area (Å²) in [5.74, 6) is 1.43. The van der Waals surface area contributed by atoms with Gasteiger partial charge in [0.15, 0.2) is 11.5 Å². The van der Waals surface area contributed by atoms with Crippen LogP contribution >= 0.6 is 0 Å². The maximum atomic E-state index is 13.3. The number of hydrogen-bond acceptors (Lipinski definition) is 6. The van der Waals surface area contributed by atoms with Gasteiger partial charge >= 0.3 is 6.03 Å². The van der Waals surface area contributed by atoms with E-state index in [-0.39, 0.29) is 18.7 Å². The molecule has 2 aromatic carbocycles. The van der Waals surface area contributed by atoms with E-state index < -0.39 is 5.54 Å². The highest BCUT2D eigenvalue weighted by atomic mass is 16.7. The molecule has 1 atom stereocenters. The van der Waals surface area contributed by atoms with Crippen LogP contribution in [0.4, 0.5) is 4.79 Å². The summed E-state index contributed by atoms with van der Waals surface area (Å²) in [7, 11) is 0. The number of nitrogens with zero attached hydrogens (tertiary/aromatic N) is 3. The number of carbonyl (C=O) groups is 2. The Morgan fingerprint density at radius 3 is 2.41 bits per heavy atom. The highest BCUT2D eigenvalue weighted by molar-refractivity contribution is 6.07. The largest absolute Gasteiger partial charge is 0.454 e. The van der Waals surface area contributed by atoms with Gasteiger partial charge in [-0.05, 0) is 29.7 Å². The van der Waals surface area contributed by atoms with E-state index in [9.17, 15) is 9.59 Å². The third kappa shape index (κ3) is 3.69. The summed E-state index contributed by atoms with van der Waals surface area (Å²) in [5, 5.41) is 2.96. The number of nitrogens with one attached hydrogen (secondary N) is 1. The fraction of sp³-hybridized carbons (Fsp3) is 0.417. The summed E-state index contributed by atoms with van der Waals surface area (Å²) in [6.45, 7) is 6.70. The van der Waals surface area contributed by atoms with Gasteiger partial charge < -0.3 is 14.8 Å². The van der Waals surface area contributed by atoms with Gasteiger partial charge in [-0.15, -0.1) is 0 Å². The lowest BCUT2D eigenvalue weighted by Gasteiger charge is -2.36. The van der Waals surface area contributed by atoms with Crippen molar-refractivity contribution >= 4 is 11.9 Å². The average Bonchev–Trinajstić information content (AvgIpc) is 3.39. The molecule has 3 aliphatic rings. The molecule has 2 saturated heterocycles. The topological polar surface area (TPSA) is 74.4 Å². The first kappa shape index (κ1) is 20.8. The standard InChI is InChI=1S/C24H28N4O4/c1-2-24(19-6-4-3-5-7-19)22(29)28(23(30)25-24)16-27-12-10-26(11-13-27)15-18-8-9-20-21(14-18)32-17-31-20/h3-9,14H,2,10-13,15-17H2,1H3,(H,25,30). The zero-order valence-electron chi connectivity index (χ0n) is 18.3. The summed E-state index contributed by atoms with van der Waals surface area (Å²) in [6, 6.07) is 15.3. The van der Waals surface area contributed by atoms with Gasteiger partial charge in [-0.1, -0.05) is 43.3 Å². The lowest BCUT2D eigenvalue weighted by atomic mass is 9.87. The minimum absolute atomic E-state index is 0.168. The molecule has 0 bridgehead atoms. The summed E-state index contributed by atoms with van der Waals surface area (Å²) in [4.78, 5) is 32.0. The number of fused-ring (bicyclic) bond motifs is 1. The predicted molar refractivity (Wildman–Crippen MR) is 118 cm³/mol. The second-order valence-corrected chi connectivity index (χ2v) is 8.51. The van der Waals surface area contributed by atoms with E-state index in [4.69, 9.17) is 9.47 Å². The molecule has 0 aliphatic carbocycles. The number of piperazine rings is 1. The molecule has 3 amide bonds. The number of imide groups is 1. The van der Waals surface area contributed by atoms with Crippen LogP contribution in [-0.4, -0.2) is 66.3 Å². The fourth-order valence-electron chi connectivity index (χ4n) is 4.70. The highest BCUT2D eigenvalue weighted by Crippen LogP contribution is 2.34. The molecular weight excluding hydrogens is 408 g/mol. The molecule has 168 valence electrons. The molecule has 0 aromatic heterocycles. The SMILES string of the molecule is CCC1(c2ccccc2)NC(=O)N(CN2CCN(Cc3ccc4c(c3)OCO4)CC2)C1=O. The van der Waals surface area contributed by atoms with Gasteiger partial charge in [0.2, 0.25) is 6.79 Å². The first-order valence-electron chi connectivity index (χ1n) is 11.1. The Labute approximate surface area is 187 Å². The molecule has 1 N–H and O–H groups in total. The lowest BCUT2D eigenvalue weighted by Crippen LogP contribution is -2.51. The fourth-order valence-corrected chi connectivity index (χ4v) is 4.70. The third-order valence-electron chi connectivity index (χ3n) is 6.62. The Morgan fingerprint density at radius 1 is 0.938 bits per heavy atom. The van der Waals surface area contributed by atoms with Gasteiger partial charge in [0.1, 0.15) is 5.54 Å². The molecule has 0 spiro atoms. The Balaban J connectivity index is 1.19. The minimum atomic E-state index is -0.973. The van der Waals surface area contributed by atoms with Gasteiger partial charge in [-0.2, -0.15) is 0 Å². The summed E-state index contributed by atoms with van der Waals surface area (Å²) in [6.07, 6.45) is 0.515. The molecule has 32 heavy (non-hydrogen) atoms. The van der Waals surface area contributed by atoms with Crippen molar-refractivity contribution in [2.45, 2.75) is 25.4 Å². The first-order chi connectivity index (χ1) is 15.6. The van der Waals surface area contributed by atoms with Crippen molar-refractivity contribution in [3.63, 3.8) is 0 Å². The summed E-state index contributed by atoms with van der Waals surface area (Å²) < 4.78 is 10.9. The van der Waals surface area contributed by atoms with Crippen LogP contribution < -0.4 is 14.8 Å². The van der Waals surface area contributed by atoms with Crippen LogP contribution in [0.2, 0.25) is 0 Å². The predicted octanol–water partition coefficient (Wildman–Crippen LogP) is 2.35. The second kappa shape index (κ2) is 8.44. The molecule has 3 aliphatic heterocycles. The van der Waals surface area contributed by atoms with Crippen molar-refractivity contribution in [2.24, 2.45) is 0 Å². The van der Waals surface area contributed by atoms with E-state index in [1.165, 1.54) is 10.5 Å². The maximum absolute atomic E-state index is 13.3. The molecule has 1 unspecified atom stereocenters. The summed E-state index contributed by atoms with van der Waals surface area (Å²) in [5.41, 5.74) is 1.05. The average molecular weight is 437 g/mol. The van der Waals surface area contributed by atoms with E-state index in [0.29, 0.717) is 13.1 Å². The molecule has 3 heterocycles. The number of benzene rings is 2. The Morgan fingerprint density at radius 2 is 1.66 bits per heavy atom. The van der Waals surface area contributed by atoms with Crippen molar-refractivity contribution in [1.82, 2.24) is 20.0 Å². The number of ether oxygens (including phenoxy) is 2. The van der Waals surface area contributed by atoms with Crippen LogP contribution in [0.1, 0.15) is 24.5 Å². The van der Waals surface area contributed by atoms with E-state index in [0.717, 1.165) is 49.8 Å². The normalized spacial score (nSPS) is 23.6. The number of rotatable bonds is 6. The zero-order chi connectivity index (χ0) is 22.1. The smallest absolute Gasteiger partial charge is 0.326 e. The Kier molecular flexibility index (Phi) is 5.48. The number of urea groups is 1. The van der Waals surface area contributed by atoms with E-state index in [1.807, 2.05) is 49.4 Å². The van der Waals surface area contributed by atoms with Crippen LogP contribution in [0.5, 0.6) is 11.5 Å². The molecule has 0 radical (unpaired) electrons. The number of carbonyl (C=O) groups excluding carboxylic acids is 2. The minimum Gasteiger partial charge on any atom is -0.454 e. The van der Waals surface area contributed by atoms with E-state index in [2.05, 4.69) is 21.2 Å². The van der Waals surface area contributed by atoms with Gasteiger partial charge in [-0.25, -0.2) is 9.69 Å². The van der Waals surface area contributed by atoms with Crippen molar-refractivity contribution in [3.8, 4) is 11.5 Å². The van der Waals surface area contributed by atoms with Gasteiger partial charge in [0, 0.05) is 32.7 Å². The molecule has 2 aromatic rings. The highest BCUT2D eigenvalue weighted by Gasteiger charge is 2.51. The monoisotopic (exact) mass is 436 g/mol. The van der Waals surface area contributed by atoms with Crippen LogP contribution in [0, 0.1) is 0 Å². The second-order valence-electron chi connectivity index (χ2n) is 8.51. The van der Waals surface area contributed by atoms with Gasteiger partial charge in [0.25, 0.3) is 5.91 Å². The van der Waals surface area contributed by atoms with Gasteiger partial charge in [-0.3, -0.25) is 14.6 Å². The van der Waals surface area contributed by atoms with Crippen molar-refractivity contribution in [2.75, 3.05) is 39.6 Å². The molecular formula is C24H28N4O4. The number of amides is 3. The Hall–Kier alpha value is -3.10. The Bertz CT molecular complexity index is 1010. The van der Waals surface area contributed by atoms with Crippen LogP contribution in [0.3, 0.4) is 0 Å². The molecule has 8 heteroatoms. The summed E-state index contributed by atoms with van der Waals surface area (Å²) >= 11 is 0. The van der Waals surface area contributed by atoms with Crippen molar-refractivity contribution < 1.29 is 19.1 Å². The quantitative estimate of drug-likeness (QED) is 0.701. The van der Waals surface area contributed by atoms with Crippen LogP contribution in [-0.2, 0) is 16.9 Å². The zero-order valence-corrected chi connectivity index (χ0v) is 18.3. The van der Waals surface area contributed by atoms with Crippen LogP contribution in [0.25, 0.3) is 0 Å². The first-order valence-corrected chi connectivity index (χ1v) is 11.1. The van der Waals surface area contributed by atoms with Gasteiger partial charge in [0.05, 0.1) is 6.67 Å². The van der Waals surface area contributed by atoms with E-state index >= 15 is 0 Å². The van der Waals surface area contributed by atoms with E-state index in [1.54, 1.807) is 0 Å². The molecule has 0 saturated carbocycles. The molecule has 5 rings (SSSR count). The molecule has 2 fully saturated rings. The maximum Gasteiger partial charge on any atom is 0.326 e.